The van der Waals surface area contributed by atoms with Gasteiger partial charge in [0.05, 0.1) is 40.6 Å². The highest BCUT2D eigenvalue weighted by Crippen LogP contribution is 2.29. The summed E-state index contributed by atoms with van der Waals surface area (Å²) in [4.78, 5) is 17.9. The van der Waals surface area contributed by atoms with Crippen LogP contribution in [0, 0.1) is 13.8 Å². The van der Waals surface area contributed by atoms with E-state index in [1.54, 1.807) is 16.8 Å². The fraction of sp³-hybridized carbons (Fsp3) is 0.296. The number of pyridine rings is 1. The van der Waals surface area contributed by atoms with Crippen LogP contribution in [0.3, 0.4) is 0 Å². The molecule has 0 aliphatic heterocycles. The molecular weight excluding hydrogens is 464 g/mol. The van der Waals surface area contributed by atoms with Crippen LogP contribution in [-0.2, 0) is 6.42 Å². The molecule has 0 aliphatic carbocycles. The van der Waals surface area contributed by atoms with Gasteiger partial charge in [0, 0.05) is 12.2 Å². The Bertz CT molecular complexity index is 1370. The SMILES string of the molecule is CCOc1ccc(CCNC(=O)c2cc(C)nc3c2c(C)nn3-c2ccccc2Cl)cc1OCC. The number of ether oxygens (including phenoxy) is 2. The van der Waals surface area contributed by atoms with Crippen LogP contribution in [0.2, 0.25) is 5.02 Å². The molecule has 2 heterocycles. The zero-order chi connectivity index (χ0) is 24.9. The number of carbonyl (C=O) groups is 1. The minimum absolute atomic E-state index is 0.168. The predicted molar refractivity (Wildman–Crippen MR) is 138 cm³/mol. The van der Waals surface area contributed by atoms with Gasteiger partial charge in [0.15, 0.2) is 17.1 Å². The van der Waals surface area contributed by atoms with Crippen molar-refractivity contribution in [3.63, 3.8) is 0 Å². The van der Waals surface area contributed by atoms with E-state index in [9.17, 15) is 4.79 Å². The maximum Gasteiger partial charge on any atom is 0.252 e. The van der Waals surface area contributed by atoms with E-state index < -0.39 is 0 Å². The number of rotatable bonds is 9. The molecule has 8 heteroatoms. The second-order valence-electron chi connectivity index (χ2n) is 8.11. The maximum absolute atomic E-state index is 13.2. The van der Waals surface area contributed by atoms with Crippen LogP contribution in [0.25, 0.3) is 16.7 Å². The lowest BCUT2D eigenvalue weighted by Crippen LogP contribution is -2.26. The molecule has 7 nitrogen and oxygen atoms in total. The molecule has 0 atom stereocenters. The predicted octanol–water partition coefficient (Wildman–Crippen LogP) is 5.46. The summed E-state index contributed by atoms with van der Waals surface area (Å²) in [7, 11) is 0. The van der Waals surface area contributed by atoms with Crippen LogP contribution in [0.4, 0.5) is 0 Å². The van der Waals surface area contributed by atoms with E-state index in [2.05, 4.69) is 15.4 Å². The molecule has 2 aromatic heterocycles. The van der Waals surface area contributed by atoms with Crippen LogP contribution in [0.15, 0.2) is 48.5 Å². The molecule has 0 aliphatic rings. The second kappa shape index (κ2) is 10.8. The van der Waals surface area contributed by atoms with Crippen molar-refractivity contribution in [3.05, 3.63) is 76.1 Å². The minimum atomic E-state index is -0.168. The third-order valence-electron chi connectivity index (χ3n) is 5.57. The summed E-state index contributed by atoms with van der Waals surface area (Å²) >= 11 is 6.41. The Morgan fingerprint density at radius 1 is 1.03 bits per heavy atom. The Morgan fingerprint density at radius 2 is 1.77 bits per heavy atom. The van der Waals surface area contributed by atoms with Crippen LogP contribution in [0.5, 0.6) is 11.5 Å². The molecule has 0 spiro atoms. The van der Waals surface area contributed by atoms with E-state index in [1.807, 2.05) is 64.1 Å². The average molecular weight is 493 g/mol. The molecular formula is C27H29ClN4O3. The quantitative estimate of drug-likeness (QED) is 0.335. The number of amides is 1. The van der Waals surface area contributed by atoms with Gasteiger partial charge in [-0.3, -0.25) is 4.79 Å². The highest BCUT2D eigenvalue weighted by Gasteiger charge is 2.20. The van der Waals surface area contributed by atoms with Crippen LogP contribution in [-0.4, -0.2) is 40.4 Å². The Kier molecular flexibility index (Phi) is 7.56. The zero-order valence-electron chi connectivity index (χ0n) is 20.4. The second-order valence-corrected chi connectivity index (χ2v) is 8.52. The molecule has 0 bridgehead atoms. The highest BCUT2D eigenvalue weighted by atomic mass is 35.5. The summed E-state index contributed by atoms with van der Waals surface area (Å²) in [6, 6.07) is 15.1. The Labute approximate surface area is 210 Å². The number of nitrogens with one attached hydrogen (secondary N) is 1. The van der Waals surface area contributed by atoms with Gasteiger partial charge in [-0.05, 0) is 70.0 Å². The normalized spacial score (nSPS) is 11.0. The Hall–Kier alpha value is -3.58. The van der Waals surface area contributed by atoms with E-state index in [0.717, 1.165) is 22.7 Å². The molecule has 4 aromatic rings. The third kappa shape index (κ3) is 5.25. The van der Waals surface area contributed by atoms with Crippen LogP contribution < -0.4 is 14.8 Å². The van der Waals surface area contributed by atoms with Crippen molar-refractivity contribution < 1.29 is 14.3 Å². The highest BCUT2D eigenvalue weighted by molar-refractivity contribution is 6.32. The fourth-order valence-corrected chi connectivity index (χ4v) is 4.27. The summed E-state index contributed by atoms with van der Waals surface area (Å²) in [5.41, 5.74) is 4.36. The summed E-state index contributed by atoms with van der Waals surface area (Å²) in [5, 5.41) is 8.97. The molecule has 0 saturated carbocycles. The number of aryl methyl sites for hydroxylation is 2. The lowest BCUT2D eigenvalue weighted by Gasteiger charge is -2.13. The van der Waals surface area contributed by atoms with E-state index in [1.165, 1.54) is 0 Å². The van der Waals surface area contributed by atoms with Gasteiger partial charge in [-0.1, -0.05) is 29.8 Å². The molecule has 0 radical (unpaired) electrons. The number of hydrogen-bond acceptors (Lipinski definition) is 5. The fourth-order valence-electron chi connectivity index (χ4n) is 4.05. The number of carbonyl (C=O) groups excluding carboxylic acids is 1. The van der Waals surface area contributed by atoms with Crippen molar-refractivity contribution in [1.82, 2.24) is 20.1 Å². The van der Waals surface area contributed by atoms with Gasteiger partial charge in [-0.15, -0.1) is 0 Å². The molecule has 4 rings (SSSR count). The standard InChI is InChI=1S/C27H29ClN4O3/c1-5-34-23-12-11-19(16-24(23)35-6-2)13-14-29-27(33)20-15-17(3)30-26-25(20)18(4)31-32(26)22-10-8-7-9-21(22)28/h7-12,15-16H,5-6,13-14H2,1-4H3,(H,29,33). The molecule has 0 saturated heterocycles. The van der Waals surface area contributed by atoms with Crippen molar-refractivity contribution in [3.8, 4) is 17.2 Å². The summed E-state index contributed by atoms with van der Waals surface area (Å²) in [5.74, 6) is 1.27. The first-order valence-electron chi connectivity index (χ1n) is 11.7. The van der Waals surface area contributed by atoms with Crippen LogP contribution >= 0.6 is 11.6 Å². The first-order chi connectivity index (χ1) is 16.9. The van der Waals surface area contributed by atoms with Gasteiger partial charge in [-0.25, -0.2) is 9.67 Å². The first kappa shape index (κ1) is 24.5. The largest absolute Gasteiger partial charge is 0.490 e. The number of para-hydroxylation sites is 1. The monoisotopic (exact) mass is 492 g/mol. The van der Waals surface area contributed by atoms with Crippen molar-refractivity contribution in [1.29, 1.82) is 0 Å². The lowest BCUT2D eigenvalue weighted by molar-refractivity contribution is 0.0955. The summed E-state index contributed by atoms with van der Waals surface area (Å²) in [6.07, 6.45) is 0.656. The number of aromatic nitrogens is 3. The molecule has 182 valence electrons. The van der Waals surface area contributed by atoms with Crippen molar-refractivity contribution in [2.75, 3.05) is 19.8 Å². The number of fused-ring (bicyclic) bond motifs is 1. The number of benzene rings is 2. The van der Waals surface area contributed by atoms with Crippen molar-refractivity contribution >= 4 is 28.5 Å². The topological polar surface area (TPSA) is 78.3 Å². The summed E-state index contributed by atoms with van der Waals surface area (Å²) in [6.45, 7) is 9.22. The van der Waals surface area contributed by atoms with E-state index >= 15 is 0 Å². The van der Waals surface area contributed by atoms with Gasteiger partial charge >= 0.3 is 0 Å². The Balaban J connectivity index is 1.56. The first-order valence-corrected chi connectivity index (χ1v) is 12.1. The smallest absolute Gasteiger partial charge is 0.252 e. The number of hydrogen-bond donors (Lipinski definition) is 1. The Morgan fingerprint density at radius 3 is 2.51 bits per heavy atom. The lowest BCUT2D eigenvalue weighted by atomic mass is 10.1. The molecule has 0 unspecified atom stereocenters. The molecule has 1 N–H and O–H groups in total. The van der Waals surface area contributed by atoms with Gasteiger partial charge in [0.2, 0.25) is 0 Å². The van der Waals surface area contributed by atoms with Gasteiger partial charge in [-0.2, -0.15) is 5.10 Å². The molecule has 35 heavy (non-hydrogen) atoms. The van der Waals surface area contributed by atoms with Gasteiger partial charge in [0.25, 0.3) is 5.91 Å². The van der Waals surface area contributed by atoms with Gasteiger partial charge < -0.3 is 14.8 Å². The van der Waals surface area contributed by atoms with Crippen LogP contribution in [0.1, 0.15) is 41.2 Å². The van der Waals surface area contributed by atoms with Crippen molar-refractivity contribution in [2.24, 2.45) is 0 Å². The third-order valence-corrected chi connectivity index (χ3v) is 5.89. The van der Waals surface area contributed by atoms with E-state index in [0.29, 0.717) is 59.2 Å². The molecule has 1 amide bonds. The molecule has 0 fully saturated rings. The average Bonchev–Trinajstić information content (AvgIpc) is 3.16. The van der Waals surface area contributed by atoms with Gasteiger partial charge in [0.1, 0.15) is 0 Å². The maximum atomic E-state index is 13.2. The number of halogens is 1. The molecule has 2 aromatic carbocycles. The van der Waals surface area contributed by atoms with E-state index in [4.69, 9.17) is 21.1 Å². The summed E-state index contributed by atoms with van der Waals surface area (Å²) < 4.78 is 13.0. The van der Waals surface area contributed by atoms with E-state index in [-0.39, 0.29) is 5.91 Å². The number of nitrogens with zero attached hydrogens (tertiary/aromatic N) is 3. The zero-order valence-corrected chi connectivity index (χ0v) is 21.1. The van der Waals surface area contributed by atoms with Crippen molar-refractivity contribution in [2.45, 2.75) is 34.1 Å². The minimum Gasteiger partial charge on any atom is -0.490 e.